The van der Waals surface area contributed by atoms with Crippen molar-refractivity contribution in [3.63, 3.8) is 0 Å². The van der Waals surface area contributed by atoms with Gasteiger partial charge in [0.1, 0.15) is 11.6 Å². The molecule has 0 heterocycles. The number of carbonyl (C=O) groups excluding carboxylic acids is 2. The lowest BCUT2D eigenvalue weighted by molar-refractivity contribution is -0.150. The van der Waals surface area contributed by atoms with Gasteiger partial charge in [0.2, 0.25) is 0 Å². The molecular formula is C19H29NO5. The first kappa shape index (κ1) is 21.0. The second-order valence-electron chi connectivity index (χ2n) is 6.72. The summed E-state index contributed by atoms with van der Waals surface area (Å²) in [4.78, 5) is 24.0. The number of carbonyl (C=O) groups is 2. The number of benzene rings is 1. The molecule has 1 rings (SSSR count). The zero-order chi connectivity index (χ0) is 18.9. The van der Waals surface area contributed by atoms with Crippen molar-refractivity contribution in [3.05, 3.63) is 35.9 Å². The molecule has 1 N–H and O–H groups in total. The molecule has 0 fully saturated rings. The van der Waals surface area contributed by atoms with Crippen LogP contribution in [-0.2, 0) is 25.6 Å². The third kappa shape index (κ3) is 8.54. The lowest BCUT2D eigenvalue weighted by Gasteiger charge is -2.26. The summed E-state index contributed by atoms with van der Waals surface area (Å²) in [5.41, 5.74) is 0.226. The number of hydrogen-bond donors (Lipinski definition) is 1. The molecule has 0 bridgehead atoms. The van der Waals surface area contributed by atoms with E-state index in [1.54, 1.807) is 34.6 Å². The Labute approximate surface area is 149 Å². The fourth-order valence-electron chi connectivity index (χ4n) is 2.08. The Hall–Kier alpha value is -2.08. The first-order chi connectivity index (χ1) is 11.7. The van der Waals surface area contributed by atoms with Gasteiger partial charge in [-0.15, -0.1) is 0 Å². The van der Waals surface area contributed by atoms with E-state index in [9.17, 15) is 9.59 Å². The molecule has 0 radical (unpaired) electrons. The topological polar surface area (TPSA) is 73.9 Å². The summed E-state index contributed by atoms with van der Waals surface area (Å²) in [6.07, 6.45) is -0.478. The van der Waals surface area contributed by atoms with E-state index >= 15 is 0 Å². The highest BCUT2D eigenvalue weighted by molar-refractivity contribution is 5.81. The molecule has 0 aliphatic heterocycles. The first-order valence-electron chi connectivity index (χ1n) is 8.55. The zero-order valence-electron chi connectivity index (χ0n) is 15.7. The summed E-state index contributed by atoms with van der Waals surface area (Å²) in [5, 5.41) is 2.54. The van der Waals surface area contributed by atoms with Crippen molar-refractivity contribution in [1.82, 2.24) is 5.32 Å². The molecular weight excluding hydrogens is 322 g/mol. The van der Waals surface area contributed by atoms with E-state index < -0.39 is 23.7 Å². The van der Waals surface area contributed by atoms with Gasteiger partial charge in [-0.2, -0.15) is 0 Å². The minimum absolute atomic E-state index is 0.234. The number of ether oxygens (including phenoxy) is 3. The highest BCUT2D eigenvalue weighted by Gasteiger charge is 2.27. The maximum Gasteiger partial charge on any atom is 0.408 e. The van der Waals surface area contributed by atoms with Gasteiger partial charge in [0.25, 0.3) is 0 Å². The van der Waals surface area contributed by atoms with Gasteiger partial charge in [0.15, 0.2) is 0 Å². The Kier molecular flexibility index (Phi) is 8.41. The highest BCUT2D eigenvalue weighted by Crippen LogP contribution is 2.12. The van der Waals surface area contributed by atoms with Crippen LogP contribution in [0.2, 0.25) is 0 Å². The van der Waals surface area contributed by atoms with E-state index in [-0.39, 0.29) is 12.7 Å². The van der Waals surface area contributed by atoms with Crippen molar-refractivity contribution in [3.8, 4) is 0 Å². The van der Waals surface area contributed by atoms with Crippen LogP contribution in [0.5, 0.6) is 0 Å². The van der Waals surface area contributed by atoms with Crippen LogP contribution in [0.4, 0.5) is 4.79 Å². The number of alkyl carbamates (subject to hydrolysis) is 1. The molecule has 1 aromatic carbocycles. The highest BCUT2D eigenvalue weighted by atomic mass is 16.6. The minimum Gasteiger partial charge on any atom is -0.461 e. The number of esters is 1. The van der Waals surface area contributed by atoms with E-state index in [1.807, 2.05) is 30.3 Å². The fraction of sp³-hybridized carbons (Fsp3) is 0.579. The van der Waals surface area contributed by atoms with E-state index in [0.29, 0.717) is 13.0 Å². The van der Waals surface area contributed by atoms with Crippen molar-refractivity contribution in [2.45, 2.75) is 65.4 Å². The number of amides is 1. The largest absolute Gasteiger partial charge is 0.461 e. The van der Waals surface area contributed by atoms with Crippen LogP contribution in [0, 0.1) is 0 Å². The summed E-state index contributed by atoms with van der Waals surface area (Å²) in [5.74, 6) is -0.465. The molecule has 0 aliphatic rings. The van der Waals surface area contributed by atoms with Gasteiger partial charge in [0.05, 0.1) is 19.3 Å². The van der Waals surface area contributed by atoms with Crippen LogP contribution in [0.15, 0.2) is 30.3 Å². The summed E-state index contributed by atoms with van der Waals surface area (Å²) in [6.45, 7) is 9.50. The van der Waals surface area contributed by atoms with E-state index in [0.717, 1.165) is 5.56 Å². The van der Waals surface area contributed by atoms with Gasteiger partial charge in [-0.25, -0.2) is 9.59 Å². The van der Waals surface area contributed by atoms with E-state index in [1.165, 1.54) is 0 Å². The average Bonchev–Trinajstić information content (AvgIpc) is 2.52. The number of rotatable bonds is 9. The van der Waals surface area contributed by atoms with Gasteiger partial charge >= 0.3 is 12.1 Å². The fourth-order valence-corrected chi connectivity index (χ4v) is 2.08. The summed E-state index contributed by atoms with van der Waals surface area (Å²) in [6, 6.07) is 9.02. The Morgan fingerprint density at radius 2 is 1.80 bits per heavy atom. The van der Waals surface area contributed by atoms with Crippen molar-refractivity contribution in [2.75, 3.05) is 6.61 Å². The molecule has 0 spiro atoms. The third-order valence-electron chi connectivity index (χ3n) is 3.27. The van der Waals surface area contributed by atoms with Gasteiger partial charge in [-0.3, -0.25) is 0 Å². The van der Waals surface area contributed by atoms with Gasteiger partial charge in [0, 0.05) is 0 Å². The van der Waals surface area contributed by atoms with Crippen LogP contribution in [0.3, 0.4) is 0 Å². The maximum atomic E-state index is 12.1. The molecule has 0 aliphatic carbocycles. The molecule has 1 unspecified atom stereocenters. The number of nitrogens with one attached hydrogen (secondary N) is 1. The second-order valence-corrected chi connectivity index (χ2v) is 6.72. The lowest BCUT2D eigenvalue weighted by Crippen LogP contribution is -2.46. The molecule has 0 aromatic heterocycles. The molecule has 1 aromatic rings. The van der Waals surface area contributed by atoms with Gasteiger partial charge < -0.3 is 19.5 Å². The normalized spacial score (nSPS) is 12.6. The summed E-state index contributed by atoms with van der Waals surface area (Å²) < 4.78 is 16.1. The van der Waals surface area contributed by atoms with Crippen molar-refractivity contribution >= 4 is 12.1 Å². The van der Waals surface area contributed by atoms with E-state index in [4.69, 9.17) is 14.2 Å². The van der Waals surface area contributed by atoms with Crippen molar-refractivity contribution in [1.29, 1.82) is 0 Å². The Morgan fingerprint density at radius 1 is 1.16 bits per heavy atom. The molecule has 140 valence electrons. The molecule has 1 amide bonds. The quantitative estimate of drug-likeness (QED) is 0.690. The summed E-state index contributed by atoms with van der Waals surface area (Å²) >= 11 is 0. The SMILES string of the molecule is CCC(NC(=O)OC(C)(C)COCc1ccccc1)C(=O)OC(C)C. The molecule has 25 heavy (non-hydrogen) atoms. The van der Waals surface area contributed by atoms with Crippen molar-refractivity contribution < 1.29 is 23.8 Å². The second kappa shape index (κ2) is 10.0. The molecule has 6 nitrogen and oxygen atoms in total. The monoisotopic (exact) mass is 351 g/mol. The van der Waals surface area contributed by atoms with Crippen LogP contribution in [0.1, 0.15) is 46.6 Å². The Bertz CT molecular complexity index is 542. The Morgan fingerprint density at radius 3 is 2.36 bits per heavy atom. The number of hydrogen-bond acceptors (Lipinski definition) is 5. The Balaban J connectivity index is 2.43. The standard InChI is InChI=1S/C19H29NO5/c1-6-16(17(21)24-14(2)3)20-18(22)25-19(4,5)13-23-12-15-10-8-7-9-11-15/h7-11,14,16H,6,12-13H2,1-5H3,(H,20,22). The molecule has 0 saturated carbocycles. The van der Waals surface area contributed by atoms with Crippen LogP contribution in [0.25, 0.3) is 0 Å². The van der Waals surface area contributed by atoms with Gasteiger partial charge in [-0.1, -0.05) is 37.3 Å². The minimum atomic E-state index is -0.820. The predicted octanol–water partition coefficient (Wildman–Crippen LogP) is 3.44. The van der Waals surface area contributed by atoms with Crippen LogP contribution in [-0.4, -0.2) is 36.4 Å². The smallest absolute Gasteiger partial charge is 0.408 e. The van der Waals surface area contributed by atoms with Crippen LogP contribution < -0.4 is 5.32 Å². The predicted molar refractivity (Wildman–Crippen MR) is 95.1 cm³/mol. The lowest BCUT2D eigenvalue weighted by atomic mass is 10.1. The zero-order valence-corrected chi connectivity index (χ0v) is 15.7. The van der Waals surface area contributed by atoms with Crippen molar-refractivity contribution in [2.24, 2.45) is 0 Å². The van der Waals surface area contributed by atoms with Gasteiger partial charge in [-0.05, 0) is 39.7 Å². The average molecular weight is 351 g/mol. The van der Waals surface area contributed by atoms with E-state index in [2.05, 4.69) is 5.32 Å². The maximum absolute atomic E-state index is 12.1. The van der Waals surface area contributed by atoms with Crippen LogP contribution >= 0.6 is 0 Å². The molecule has 0 saturated heterocycles. The molecule has 1 atom stereocenters. The first-order valence-corrected chi connectivity index (χ1v) is 8.55. The summed E-state index contributed by atoms with van der Waals surface area (Å²) in [7, 11) is 0. The third-order valence-corrected chi connectivity index (χ3v) is 3.27. The molecule has 6 heteroatoms.